The van der Waals surface area contributed by atoms with Crippen molar-refractivity contribution in [1.29, 1.82) is 0 Å². The highest BCUT2D eigenvalue weighted by Crippen LogP contribution is 2.24. The first kappa shape index (κ1) is 15.6. The van der Waals surface area contributed by atoms with Crippen LogP contribution in [0.2, 0.25) is 0 Å². The lowest BCUT2D eigenvalue weighted by Gasteiger charge is -2.18. The van der Waals surface area contributed by atoms with Gasteiger partial charge in [-0.15, -0.1) is 0 Å². The Bertz CT molecular complexity index is 847. The van der Waals surface area contributed by atoms with Gasteiger partial charge in [0.2, 0.25) is 0 Å². The van der Waals surface area contributed by atoms with Crippen molar-refractivity contribution in [3.63, 3.8) is 0 Å². The van der Waals surface area contributed by atoms with Crippen molar-refractivity contribution in [2.75, 3.05) is 18.0 Å². The molecular formula is C20H19N3O2. The maximum absolute atomic E-state index is 12.3. The Morgan fingerprint density at radius 1 is 0.960 bits per heavy atom. The van der Waals surface area contributed by atoms with Gasteiger partial charge in [-0.1, -0.05) is 18.2 Å². The van der Waals surface area contributed by atoms with Crippen LogP contribution in [0.25, 0.3) is 0 Å². The lowest BCUT2D eigenvalue weighted by atomic mass is 10.1. The third kappa shape index (κ3) is 2.71. The van der Waals surface area contributed by atoms with E-state index in [-0.39, 0.29) is 11.8 Å². The fourth-order valence-corrected chi connectivity index (χ4v) is 3.38. The van der Waals surface area contributed by atoms with E-state index in [2.05, 4.69) is 22.1 Å². The predicted octanol–water partition coefficient (Wildman–Crippen LogP) is 3.23. The molecule has 126 valence electrons. The highest BCUT2D eigenvalue weighted by Gasteiger charge is 2.35. The molecule has 1 saturated heterocycles. The molecule has 4 rings (SSSR count). The summed E-state index contributed by atoms with van der Waals surface area (Å²) in [6, 6.07) is 13.0. The van der Waals surface area contributed by atoms with Gasteiger partial charge in [-0.25, -0.2) is 0 Å². The molecule has 2 aromatic carbocycles. The molecule has 0 unspecified atom stereocenters. The summed E-state index contributed by atoms with van der Waals surface area (Å²) < 4.78 is 0. The summed E-state index contributed by atoms with van der Waals surface area (Å²) in [6.45, 7) is 4.22. The molecule has 0 N–H and O–H groups in total. The van der Waals surface area contributed by atoms with E-state index in [1.165, 1.54) is 18.5 Å². The van der Waals surface area contributed by atoms with Crippen LogP contribution in [-0.4, -0.2) is 36.1 Å². The number of nitrogens with zero attached hydrogens (tertiary/aromatic N) is 3. The largest absolute Gasteiger partial charge is 0.372 e. The number of anilines is 1. The first-order chi connectivity index (χ1) is 12.1. The van der Waals surface area contributed by atoms with Crippen molar-refractivity contribution in [1.82, 2.24) is 5.01 Å². The molecule has 0 saturated carbocycles. The second-order valence-corrected chi connectivity index (χ2v) is 6.45. The van der Waals surface area contributed by atoms with Crippen LogP contribution in [0.1, 0.15) is 44.7 Å². The van der Waals surface area contributed by atoms with Crippen molar-refractivity contribution >= 4 is 23.7 Å². The van der Waals surface area contributed by atoms with Gasteiger partial charge < -0.3 is 4.90 Å². The maximum atomic E-state index is 12.3. The molecule has 2 heterocycles. The van der Waals surface area contributed by atoms with Crippen molar-refractivity contribution in [2.45, 2.75) is 19.8 Å². The van der Waals surface area contributed by atoms with E-state index in [4.69, 9.17) is 0 Å². The Morgan fingerprint density at radius 2 is 1.60 bits per heavy atom. The Hall–Kier alpha value is -2.95. The molecule has 0 spiro atoms. The number of rotatable bonds is 3. The Balaban J connectivity index is 1.56. The summed E-state index contributed by atoms with van der Waals surface area (Å²) in [5.74, 6) is -0.744. The van der Waals surface area contributed by atoms with Crippen LogP contribution >= 0.6 is 0 Å². The minimum Gasteiger partial charge on any atom is -0.372 e. The van der Waals surface area contributed by atoms with E-state index >= 15 is 0 Å². The highest BCUT2D eigenvalue weighted by atomic mass is 16.2. The number of carbonyl (C=O) groups is 2. The van der Waals surface area contributed by atoms with Crippen LogP contribution in [0.4, 0.5) is 5.69 Å². The Labute approximate surface area is 146 Å². The van der Waals surface area contributed by atoms with E-state index in [1.807, 2.05) is 13.0 Å². The molecule has 2 amide bonds. The van der Waals surface area contributed by atoms with Crippen LogP contribution in [0.5, 0.6) is 0 Å². The number of amides is 2. The summed E-state index contributed by atoms with van der Waals surface area (Å²) >= 11 is 0. The molecule has 2 aliphatic heterocycles. The summed E-state index contributed by atoms with van der Waals surface area (Å²) in [5, 5.41) is 5.10. The molecule has 0 atom stereocenters. The van der Waals surface area contributed by atoms with Crippen molar-refractivity contribution in [3.05, 3.63) is 64.7 Å². The lowest BCUT2D eigenvalue weighted by molar-refractivity contribution is 0.0660. The topological polar surface area (TPSA) is 53.0 Å². The molecular weight excluding hydrogens is 314 g/mol. The average Bonchev–Trinajstić information content (AvgIpc) is 3.24. The van der Waals surface area contributed by atoms with E-state index in [0.29, 0.717) is 11.1 Å². The fraction of sp³-hybridized carbons (Fsp3) is 0.250. The predicted molar refractivity (Wildman–Crippen MR) is 97.2 cm³/mol. The minimum atomic E-state index is -0.372. The third-order valence-corrected chi connectivity index (χ3v) is 4.81. The smallest absolute Gasteiger partial charge is 0.282 e. The van der Waals surface area contributed by atoms with Gasteiger partial charge in [-0.2, -0.15) is 10.1 Å². The van der Waals surface area contributed by atoms with Crippen molar-refractivity contribution < 1.29 is 9.59 Å². The second kappa shape index (κ2) is 6.16. The van der Waals surface area contributed by atoms with Crippen molar-refractivity contribution in [2.24, 2.45) is 5.10 Å². The molecule has 5 nitrogen and oxygen atoms in total. The van der Waals surface area contributed by atoms with Crippen LogP contribution < -0.4 is 4.90 Å². The number of fused-ring (bicyclic) bond motifs is 1. The maximum Gasteiger partial charge on any atom is 0.282 e. The third-order valence-electron chi connectivity index (χ3n) is 4.81. The van der Waals surface area contributed by atoms with E-state index in [0.717, 1.165) is 29.2 Å². The lowest BCUT2D eigenvalue weighted by Crippen LogP contribution is -2.24. The monoisotopic (exact) mass is 333 g/mol. The average molecular weight is 333 g/mol. The molecule has 2 aliphatic rings. The molecule has 0 aliphatic carbocycles. The van der Waals surface area contributed by atoms with Gasteiger partial charge in [0.25, 0.3) is 11.8 Å². The van der Waals surface area contributed by atoms with Gasteiger partial charge in [0, 0.05) is 18.8 Å². The quantitative estimate of drug-likeness (QED) is 0.640. The van der Waals surface area contributed by atoms with E-state index in [1.54, 1.807) is 30.5 Å². The number of hydrazone groups is 1. The first-order valence-electron chi connectivity index (χ1n) is 8.52. The van der Waals surface area contributed by atoms with Crippen LogP contribution in [-0.2, 0) is 0 Å². The molecule has 0 radical (unpaired) electrons. The minimum absolute atomic E-state index is 0.372. The summed E-state index contributed by atoms with van der Waals surface area (Å²) in [5.41, 5.74) is 4.01. The van der Waals surface area contributed by atoms with E-state index < -0.39 is 0 Å². The molecule has 1 fully saturated rings. The molecule has 0 bridgehead atoms. The number of aryl methyl sites for hydroxylation is 1. The van der Waals surface area contributed by atoms with Gasteiger partial charge in [0.15, 0.2) is 0 Å². The molecule has 2 aromatic rings. The zero-order chi connectivity index (χ0) is 17.4. The fourth-order valence-electron chi connectivity index (χ4n) is 3.38. The van der Waals surface area contributed by atoms with Crippen LogP contribution in [0.15, 0.2) is 47.6 Å². The summed E-state index contributed by atoms with van der Waals surface area (Å²) in [6.07, 6.45) is 4.06. The van der Waals surface area contributed by atoms with Gasteiger partial charge in [0.1, 0.15) is 0 Å². The second-order valence-electron chi connectivity index (χ2n) is 6.45. The van der Waals surface area contributed by atoms with Crippen LogP contribution in [0, 0.1) is 6.92 Å². The molecule has 0 aromatic heterocycles. The first-order valence-corrected chi connectivity index (χ1v) is 8.52. The standard InChI is InChI=1S/C20H19N3O2/c1-14-12-16(22-10-4-5-11-22)9-8-15(14)13-21-23-19(24)17-6-2-3-7-18(17)20(23)25/h2-3,6-9,12-13H,4-5,10-11H2,1H3/b21-13+. The highest BCUT2D eigenvalue weighted by molar-refractivity contribution is 6.21. The summed E-state index contributed by atoms with van der Waals surface area (Å²) in [7, 11) is 0. The number of imide groups is 1. The van der Waals surface area contributed by atoms with Gasteiger partial charge in [0.05, 0.1) is 17.3 Å². The zero-order valence-corrected chi connectivity index (χ0v) is 14.1. The van der Waals surface area contributed by atoms with Gasteiger partial charge in [-0.05, 0) is 55.2 Å². The van der Waals surface area contributed by atoms with E-state index in [9.17, 15) is 9.59 Å². The number of carbonyl (C=O) groups excluding carboxylic acids is 2. The Kier molecular flexibility index (Phi) is 3.84. The number of hydrogen-bond acceptors (Lipinski definition) is 4. The Morgan fingerprint density at radius 3 is 2.20 bits per heavy atom. The van der Waals surface area contributed by atoms with Gasteiger partial charge >= 0.3 is 0 Å². The zero-order valence-electron chi connectivity index (χ0n) is 14.1. The van der Waals surface area contributed by atoms with Crippen LogP contribution in [0.3, 0.4) is 0 Å². The molecule has 25 heavy (non-hydrogen) atoms. The SMILES string of the molecule is Cc1cc(N2CCCC2)ccc1/C=N/N1C(=O)c2ccccc2C1=O. The normalized spacial score (nSPS) is 17.0. The summed E-state index contributed by atoms with van der Waals surface area (Å²) in [4.78, 5) is 27.0. The number of benzene rings is 2. The molecule has 5 heteroatoms. The van der Waals surface area contributed by atoms with Crippen molar-refractivity contribution in [3.8, 4) is 0 Å². The number of hydrogen-bond donors (Lipinski definition) is 0. The van der Waals surface area contributed by atoms with Gasteiger partial charge in [-0.3, -0.25) is 9.59 Å².